The molecular formula is C24H17N3O. The van der Waals surface area contributed by atoms with Crippen LogP contribution >= 0.6 is 0 Å². The van der Waals surface area contributed by atoms with Crippen LogP contribution in [0.5, 0.6) is 11.6 Å². The smallest absolute Gasteiger partial charge is 0.222 e. The summed E-state index contributed by atoms with van der Waals surface area (Å²) in [6, 6.07) is 26.1. The molecule has 0 aliphatic carbocycles. The molecule has 0 saturated heterocycles. The topological polar surface area (TPSA) is 47.9 Å². The van der Waals surface area contributed by atoms with Crippen molar-refractivity contribution in [3.05, 3.63) is 90.6 Å². The van der Waals surface area contributed by atoms with E-state index in [0.29, 0.717) is 17.4 Å². The van der Waals surface area contributed by atoms with Crippen molar-refractivity contribution in [3.63, 3.8) is 0 Å². The van der Waals surface area contributed by atoms with E-state index in [9.17, 15) is 0 Å². The Bertz CT molecular complexity index is 1310. The lowest BCUT2D eigenvalue weighted by molar-refractivity contribution is 0.460. The van der Waals surface area contributed by atoms with Crippen LogP contribution in [-0.4, -0.2) is 15.0 Å². The molecule has 4 nitrogen and oxygen atoms in total. The van der Waals surface area contributed by atoms with E-state index in [4.69, 9.17) is 4.74 Å². The predicted molar refractivity (Wildman–Crippen MR) is 112 cm³/mol. The second kappa shape index (κ2) is 6.74. The predicted octanol–water partition coefficient (Wildman–Crippen LogP) is 5.95. The fourth-order valence-corrected chi connectivity index (χ4v) is 3.18. The Morgan fingerprint density at radius 1 is 0.714 bits per heavy atom. The van der Waals surface area contributed by atoms with Crippen molar-refractivity contribution in [2.45, 2.75) is 6.92 Å². The molecule has 2 aromatic heterocycles. The molecule has 134 valence electrons. The Morgan fingerprint density at radius 2 is 1.50 bits per heavy atom. The number of rotatable bonds is 3. The van der Waals surface area contributed by atoms with Gasteiger partial charge in [-0.25, -0.2) is 15.0 Å². The number of para-hydroxylation sites is 1. The first-order chi connectivity index (χ1) is 13.8. The van der Waals surface area contributed by atoms with E-state index in [-0.39, 0.29) is 0 Å². The highest BCUT2D eigenvalue weighted by molar-refractivity contribution is 5.83. The van der Waals surface area contributed by atoms with E-state index in [1.54, 1.807) is 0 Å². The molecule has 3 aromatic carbocycles. The lowest BCUT2D eigenvalue weighted by Gasteiger charge is -2.10. The maximum absolute atomic E-state index is 6.10. The first-order valence-corrected chi connectivity index (χ1v) is 9.13. The van der Waals surface area contributed by atoms with Crippen LogP contribution < -0.4 is 4.74 Å². The highest BCUT2D eigenvalue weighted by Gasteiger charge is 2.10. The van der Waals surface area contributed by atoms with Gasteiger partial charge in [-0.3, -0.25) is 0 Å². The fourth-order valence-electron chi connectivity index (χ4n) is 3.18. The molecule has 0 aliphatic heterocycles. The molecule has 0 saturated carbocycles. The maximum Gasteiger partial charge on any atom is 0.222 e. The number of pyridine rings is 1. The van der Waals surface area contributed by atoms with Crippen molar-refractivity contribution >= 4 is 21.7 Å². The van der Waals surface area contributed by atoms with Crippen molar-refractivity contribution < 1.29 is 4.74 Å². The van der Waals surface area contributed by atoms with Gasteiger partial charge in [0.2, 0.25) is 5.88 Å². The second-order valence-electron chi connectivity index (χ2n) is 6.68. The molecule has 0 bridgehead atoms. The van der Waals surface area contributed by atoms with Crippen LogP contribution in [0, 0.1) is 6.92 Å². The number of fused-ring (bicyclic) bond motifs is 2. The van der Waals surface area contributed by atoms with Gasteiger partial charge in [-0.2, -0.15) is 0 Å². The molecule has 4 heteroatoms. The first kappa shape index (κ1) is 16.4. The summed E-state index contributed by atoms with van der Waals surface area (Å²) in [6.45, 7) is 1.98. The van der Waals surface area contributed by atoms with E-state index in [2.05, 4.69) is 33.2 Å². The van der Waals surface area contributed by atoms with Gasteiger partial charge in [0.15, 0.2) is 5.82 Å². The van der Waals surface area contributed by atoms with Crippen LogP contribution in [0.2, 0.25) is 0 Å². The third kappa shape index (κ3) is 3.05. The third-order valence-corrected chi connectivity index (χ3v) is 4.70. The van der Waals surface area contributed by atoms with Crippen LogP contribution in [-0.2, 0) is 0 Å². The number of ether oxygens (including phenoxy) is 1. The molecule has 28 heavy (non-hydrogen) atoms. The zero-order valence-corrected chi connectivity index (χ0v) is 15.3. The number of hydrogen-bond donors (Lipinski definition) is 0. The van der Waals surface area contributed by atoms with E-state index in [1.807, 2.05) is 73.8 Å². The van der Waals surface area contributed by atoms with Crippen molar-refractivity contribution in [2.24, 2.45) is 0 Å². The van der Waals surface area contributed by atoms with Gasteiger partial charge in [-0.15, -0.1) is 0 Å². The quantitative estimate of drug-likeness (QED) is 0.398. The summed E-state index contributed by atoms with van der Waals surface area (Å²) in [5.74, 6) is 1.90. The van der Waals surface area contributed by atoms with Gasteiger partial charge < -0.3 is 4.74 Å². The van der Waals surface area contributed by atoms with E-state index >= 15 is 0 Å². The number of hydrogen-bond acceptors (Lipinski definition) is 4. The van der Waals surface area contributed by atoms with Crippen LogP contribution in [0.25, 0.3) is 33.2 Å². The zero-order chi connectivity index (χ0) is 18.9. The average molecular weight is 363 g/mol. The number of aromatic nitrogens is 3. The molecule has 2 heterocycles. The van der Waals surface area contributed by atoms with Crippen molar-refractivity contribution in [2.75, 3.05) is 0 Å². The minimum atomic E-state index is 0.560. The zero-order valence-electron chi connectivity index (χ0n) is 15.3. The van der Waals surface area contributed by atoms with Crippen LogP contribution in [0.4, 0.5) is 0 Å². The molecule has 0 atom stereocenters. The van der Waals surface area contributed by atoms with Crippen LogP contribution in [0.3, 0.4) is 0 Å². The van der Waals surface area contributed by atoms with Gasteiger partial charge >= 0.3 is 0 Å². The summed E-state index contributed by atoms with van der Waals surface area (Å²) in [7, 11) is 0. The van der Waals surface area contributed by atoms with Crippen LogP contribution in [0.15, 0.2) is 85.1 Å². The standard InChI is InChI=1S/C24H17N3O/c1-16-10-13-22(23-25-15-19-8-4-5-9-21(19)26-23)27-24(16)28-20-12-11-17-6-2-3-7-18(17)14-20/h2-15H,1H3. The monoisotopic (exact) mass is 363 g/mol. The average Bonchev–Trinajstić information content (AvgIpc) is 2.75. The molecule has 0 aliphatic rings. The Kier molecular flexibility index (Phi) is 3.95. The summed E-state index contributed by atoms with van der Waals surface area (Å²) < 4.78 is 6.10. The van der Waals surface area contributed by atoms with Gasteiger partial charge in [0.25, 0.3) is 0 Å². The molecule has 0 amide bonds. The highest BCUT2D eigenvalue weighted by Crippen LogP contribution is 2.28. The largest absolute Gasteiger partial charge is 0.439 e. The van der Waals surface area contributed by atoms with Gasteiger partial charge in [-0.05, 0) is 42.0 Å². The number of benzene rings is 3. The van der Waals surface area contributed by atoms with Crippen molar-refractivity contribution in [1.29, 1.82) is 0 Å². The molecule has 0 N–H and O–H groups in total. The molecule has 0 fully saturated rings. The summed E-state index contributed by atoms with van der Waals surface area (Å²) in [6.07, 6.45) is 1.82. The molecule has 5 rings (SSSR count). The molecule has 0 spiro atoms. The summed E-state index contributed by atoms with van der Waals surface area (Å²) >= 11 is 0. The molecular weight excluding hydrogens is 346 g/mol. The first-order valence-electron chi connectivity index (χ1n) is 9.13. The minimum absolute atomic E-state index is 0.560. The summed E-state index contributed by atoms with van der Waals surface area (Å²) in [5.41, 5.74) is 2.54. The Morgan fingerprint density at radius 3 is 2.39 bits per heavy atom. The molecule has 5 aromatic rings. The van der Waals surface area contributed by atoms with Gasteiger partial charge in [0.05, 0.1) is 5.52 Å². The van der Waals surface area contributed by atoms with Gasteiger partial charge in [0.1, 0.15) is 11.4 Å². The van der Waals surface area contributed by atoms with Gasteiger partial charge in [0, 0.05) is 17.1 Å². The van der Waals surface area contributed by atoms with E-state index in [0.717, 1.165) is 27.6 Å². The maximum atomic E-state index is 6.10. The van der Waals surface area contributed by atoms with E-state index in [1.165, 1.54) is 5.39 Å². The molecule has 0 unspecified atom stereocenters. The van der Waals surface area contributed by atoms with Crippen molar-refractivity contribution in [1.82, 2.24) is 15.0 Å². The van der Waals surface area contributed by atoms with Crippen molar-refractivity contribution in [3.8, 4) is 23.1 Å². The number of aryl methyl sites for hydroxylation is 1. The second-order valence-corrected chi connectivity index (χ2v) is 6.68. The minimum Gasteiger partial charge on any atom is -0.439 e. The van der Waals surface area contributed by atoms with E-state index < -0.39 is 0 Å². The SMILES string of the molecule is Cc1ccc(-c2ncc3ccccc3n2)nc1Oc1ccc2ccccc2c1. The third-order valence-electron chi connectivity index (χ3n) is 4.70. The molecule has 0 radical (unpaired) electrons. The summed E-state index contributed by atoms with van der Waals surface area (Å²) in [5, 5.41) is 3.32. The Labute approximate surface area is 162 Å². The summed E-state index contributed by atoms with van der Waals surface area (Å²) in [4.78, 5) is 13.8. The normalized spacial score (nSPS) is 11.0. The Hall–Kier alpha value is -3.79. The lowest BCUT2D eigenvalue weighted by Crippen LogP contribution is -1.96. The highest BCUT2D eigenvalue weighted by atomic mass is 16.5. The lowest BCUT2D eigenvalue weighted by atomic mass is 10.1. The fraction of sp³-hybridized carbons (Fsp3) is 0.0417. The van der Waals surface area contributed by atoms with Gasteiger partial charge in [-0.1, -0.05) is 54.6 Å². The number of nitrogens with zero attached hydrogens (tertiary/aromatic N) is 3. The Balaban J connectivity index is 1.52. The van der Waals surface area contributed by atoms with Crippen LogP contribution in [0.1, 0.15) is 5.56 Å².